The fourth-order valence-corrected chi connectivity index (χ4v) is 2.02. The molecule has 1 aliphatic rings. The van der Waals surface area contributed by atoms with E-state index in [2.05, 4.69) is 27.8 Å². The first kappa shape index (κ1) is 12.4. The predicted octanol–water partition coefficient (Wildman–Crippen LogP) is 0.599. The summed E-state index contributed by atoms with van der Waals surface area (Å²) in [5, 5.41) is 15.1. The van der Waals surface area contributed by atoms with E-state index >= 15 is 0 Å². The van der Waals surface area contributed by atoms with Gasteiger partial charge in [-0.15, -0.1) is 5.10 Å². The maximum atomic E-state index is 5.36. The lowest BCUT2D eigenvalue weighted by molar-refractivity contribution is 0.182. The molecule has 2 rings (SSSR count). The van der Waals surface area contributed by atoms with E-state index in [4.69, 9.17) is 4.74 Å². The van der Waals surface area contributed by atoms with Crippen molar-refractivity contribution in [2.24, 2.45) is 5.92 Å². The van der Waals surface area contributed by atoms with Crippen LogP contribution in [0.5, 0.6) is 0 Å². The lowest BCUT2D eigenvalue weighted by Gasteiger charge is -2.08. The number of nitrogens with zero attached hydrogens (tertiary/aromatic N) is 4. The molecule has 0 aliphatic carbocycles. The van der Waals surface area contributed by atoms with Crippen LogP contribution in [-0.2, 0) is 17.8 Å². The monoisotopic (exact) mass is 239 g/mol. The molecule has 6 nitrogen and oxygen atoms in total. The van der Waals surface area contributed by atoms with Gasteiger partial charge in [-0.2, -0.15) is 0 Å². The third-order valence-electron chi connectivity index (χ3n) is 3.09. The smallest absolute Gasteiger partial charge is 0.165 e. The maximum absolute atomic E-state index is 5.36. The predicted molar refractivity (Wildman–Crippen MR) is 63.4 cm³/mol. The maximum Gasteiger partial charge on any atom is 0.165 e. The van der Waals surface area contributed by atoms with Gasteiger partial charge in [-0.1, -0.05) is 6.92 Å². The summed E-state index contributed by atoms with van der Waals surface area (Å²) in [6.45, 7) is 6.60. The van der Waals surface area contributed by atoms with E-state index < -0.39 is 0 Å². The molecule has 0 saturated carbocycles. The minimum absolute atomic E-state index is 0.677. The van der Waals surface area contributed by atoms with Crippen molar-refractivity contribution in [3.05, 3.63) is 5.82 Å². The first-order chi connectivity index (χ1) is 8.40. The molecule has 0 spiro atoms. The van der Waals surface area contributed by atoms with Gasteiger partial charge in [-0.25, -0.2) is 4.68 Å². The van der Waals surface area contributed by atoms with Crippen LogP contribution in [0.15, 0.2) is 0 Å². The Morgan fingerprint density at radius 1 is 1.53 bits per heavy atom. The lowest BCUT2D eigenvalue weighted by atomic mass is 10.1. The molecule has 1 saturated heterocycles. The Labute approximate surface area is 102 Å². The van der Waals surface area contributed by atoms with Gasteiger partial charge in [-0.05, 0) is 42.2 Å². The Kier molecular flexibility index (Phi) is 4.88. The second-order valence-electron chi connectivity index (χ2n) is 4.51. The van der Waals surface area contributed by atoms with Crippen molar-refractivity contribution in [3.8, 4) is 0 Å². The van der Waals surface area contributed by atoms with Crippen LogP contribution < -0.4 is 5.32 Å². The van der Waals surface area contributed by atoms with Crippen molar-refractivity contribution >= 4 is 0 Å². The fraction of sp³-hybridized carbons (Fsp3) is 0.909. The average Bonchev–Trinajstić information content (AvgIpc) is 2.97. The van der Waals surface area contributed by atoms with Crippen LogP contribution in [0.3, 0.4) is 0 Å². The Morgan fingerprint density at radius 3 is 3.24 bits per heavy atom. The summed E-state index contributed by atoms with van der Waals surface area (Å²) >= 11 is 0. The van der Waals surface area contributed by atoms with Crippen molar-refractivity contribution in [2.75, 3.05) is 19.8 Å². The van der Waals surface area contributed by atoms with Crippen molar-refractivity contribution in [1.29, 1.82) is 0 Å². The van der Waals surface area contributed by atoms with Gasteiger partial charge in [0, 0.05) is 19.8 Å². The van der Waals surface area contributed by atoms with Gasteiger partial charge in [0.1, 0.15) is 0 Å². The molecule has 1 aliphatic heterocycles. The summed E-state index contributed by atoms with van der Waals surface area (Å²) in [7, 11) is 0. The van der Waals surface area contributed by atoms with Crippen molar-refractivity contribution in [2.45, 2.75) is 39.3 Å². The van der Waals surface area contributed by atoms with Gasteiger partial charge in [0.25, 0.3) is 0 Å². The SMILES string of the molecule is CCCNCc1nnnn1CCC1CCOC1. The number of rotatable bonds is 7. The molecule has 1 aromatic rings. The van der Waals surface area contributed by atoms with Crippen molar-refractivity contribution < 1.29 is 4.74 Å². The molecule has 6 heteroatoms. The minimum Gasteiger partial charge on any atom is -0.381 e. The normalized spacial score (nSPS) is 19.9. The molecule has 1 aromatic heterocycles. The summed E-state index contributed by atoms with van der Waals surface area (Å²) in [6.07, 6.45) is 3.40. The van der Waals surface area contributed by atoms with Gasteiger partial charge in [0.2, 0.25) is 0 Å². The summed E-state index contributed by atoms with van der Waals surface area (Å²) < 4.78 is 7.27. The molecule has 1 N–H and O–H groups in total. The second-order valence-corrected chi connectivity index (χ2v) is 4.51. The Hall–Kier alpha value is -1.01. The van der Waals surface area contributed by atoms with Crippen LogP contribution in [0, 0.1) is 5.92 Å². The summed E-state index contributed by atoms with van der Waals surface area (Å²) in [4.78, 5) is 0. The van der Waals surface area contributed by atoms with Gasteiger partial charge in [0.15, 0.2) is 5.82 Å². The first-order valence-electron chi connectivity index (χ1n) is 6.43. The van der Waals surface area contributed by atoms with Crippen LogP contribution in [0.2, 0.25) is 0 Å². The molecule has 0 amide bonds. The fourth-order valence-electron chi connectivity index (χ4n) is 2.02. The summed E-state index contributed by atoms with van der Waals surface area (Å²) in [6, 6.07) is 0. The molecule has 1 atom stereocenters. The molecule has 1 unspecified atom stereocenters. The van der Waals surface area contributed by atoms with Crippen molar-refractivity contribution in [1.82, 2.24) is 25.5 Å². The molecule has 17 heavy (non-hydrogen) atoms. The minimum atomic E-state index is 0.677. The van der Waals surface area contributed by atoms with Gasteiger partial charge < -0.3 is 10.1 Å². The first-order valence-corrected chi connectivity index (χ1v) is 6.43. The number of hydrogen-bond donors (Lipinski definition) is 1. The third-order valence-corrected chi connectivity index (χ3v) is 3.09. The van der Waals surface area contributed by atoms with E-state index in [0.29, 0.717) is 5.92 Å². The van der Waals surface area contributed by atoms with E-state index in [0.717, 1.165) is 51.5 Å². The Balaban J connectivity index is 1.76. The molecule has 0 radical (unpaired) electrons. The van der Waals surface area contributed by atoms with E-state index in [1.165, 1.54) is 6.42 Å². The van der Waals surface area contributed by atoms with Crippen LogP contribution >= 0.6 is 0 Å². The average molecular weight is 239 g/mol. The summed E-state index contributed by atoms with van der Waals surface area (Å²) in [5.41, 5.74) is 0. The molecule has 96 valence electrons. The van der Waals surface area contributed by atoms with Gasteiger partial charge in [-0.3, -0.25) is 0 Å². The van der Waals surface area contributed by atoms with Crippen molar-refractivity contribution in [3.63, 3.8) is 0 Å². The molecule has 1 fully saturated rings. The van der Waals surface area contributed by atoms with E-state index in [1.54, 1.807) is 0 Å². The van der Waals surface area contributed by atoms with Crippen LogP contribution in [-0.4, -0.2) is 40.0 Å². The number of aromatic nitrogens is 4. The van der Waals surface area contributed by atoms with E-state index in [9.17, 15) is 0 Å². The van der Waals surface area contributed by atoms with Crippen LogP contribution in [0.25, 0.3) is 0 Å². The highest BCUT2D eigenvalue weighted by Gasteiger charge is 2.16. The highest BCUT2D eigenvalue weighted by molar-refractivity contribution is 4.80. The Bertz CT molecular complexity index is 321. The highest BCUT2D eigenvalue weighted by atomic mass is 16.5. The Morgan fingerprint density at radius 2 is 2.47 bits per heavy atom. The molecular formula is C11H21N5O. The van der Waals surface area contributed by atoms with E-state index in [-0.39, 0.29) is 0 Å². The third kappa shape index (κ3) is 3.74. The number of tetrazole rings is 1. The topological polar surface area (TPSA) is 64.9 Å². The highest BCUT2D eigenvalue weighted by Crippen LogP contribution is 2.16. The van der Waals surface area contributed by atoms with Gasteiger partial charge in [0.05, 0.1) is 6.54 Å². The lowest BCUT2D eigenvalue weighted by Crippen LogP contribution is -2.19. The molecule has 2 heterocycles. The van der Waals surface area contributed by atoms with Crippen LogP contribution in [0.1, 0.15) is 32.0 Å². The van der Waals surface area contributed by atoms with Gasteiger partial charge >= 0.3 is 0 Å². The zero-order valence-corrected chi connectivity index (χ0v) is 10.4. The zero-order valence-electron chi connectivity index (χ0n) is 10.4. The second kappa shape index (κ2) is 6.66. The number of aryl methyl sites for hydroxylation is 1. The zero-order chi connectivity index (χ0) is 11.9. The largest absolute Gasteiger partial charge is 0.381 e. The van der Waals surface area contributed by atoms with Crippen LogP contribution in [0.4, 0.5) is 0 Å². The van der Waals surface area contributed by atoms with E-state index in [1.807, 2.05) is 4.68 Å². The quantitative estimate of drug-likeness (QED) is 0.706. The molecular weight excluding hydrogens is 218 g/mol. The summed E-state index contributed by atoms with van der Waals surface area (Å²) in [5.74, 6) is 1.60. The number of hydrogen-bond acceptors (Lipinski definition) is 5. The number of ether oxygens (including phenoxy) is 1. The standard InChI is InChI=1S/C11H21N5O/c1-2-5-12-8-11-13-14-15-16(11)6-3-10-4-7-17-9-10/h10,12H,2-9H2,1H3. The molecule has 0 aromatic carbocycles. The molecule has 0 bridgehead atoms. The number of nitrogens with one attached hydrogen (secondary N) is 1.